The summed E-state index contributed by atoms with van der Waals surface area (Å²) in [5.41, 5.74) is 3.36. The molecule has 0 aliphatic carbocycles. The van der Waals surface area contributed by atoms with Crippen LogP contribution in [-0.4, -0.2) is 6.54 Å². The van der Waals surface area contributed by atoms with Crippen molar-refractivity contribution in [3.8, 4) is 0 Å². The molecule has 2 aromatic carbocycles. The first-order valence-electron chi connectivity index (χ1n) is 7.80. The largest absolute Gasteiger partial charge is 0.310 e. The van der Waals surface area contributed by atoms with E-state index in [2.05, 4.69) is 43.4 Å². The van der Waals surface area contributed by atoms with Crippen molar-refractivity contribution in [1.82, 2.24) is 5.32 Å². The van der Waals surface area contributed by atoms with Crippen LogP contribution in [0.25, 0.3) is 0 Å². The van der Waals surface area contributed by atoms with E-state index in [0.29, 0.717) is 6.42 Å². The Labute approximate surface area is 127 Å². The lowest BCUT2D eigenvalue weighted by atomic mass is 9.96. The maximum Gasteiger partial charge on any atom is 0.126 e. The van der Waals surface area contributed by atoms with Crippen molar-refractivity contribution < 1.29 is 4.39 Å². The van der Waals surface area contributed by atoms with Gasteiger partial charge in [-0.25, -0.2) is 4.39 Å². The van der Waals surface area contributed by atoms with E-state index >= 15 is 0 Å². The molecule has 0 amide bonds. The standard InChI is InChI=1S/C19H24FN/c1-3-8-15-9-7-11-17(13-15)19(21-4-2)14-16-10-5-6-12-18(16)20/h5-7,9-13,19,21H,3-4,8,14H2,1-2H3. The number of nitrogens with one attached hydrogen (secondary N) is 1. The highest BCUT2D eigenvalue weighted by Gasteiger charge is 2.13. The van der Waals surface area contributed by atoms with Crippen molar-refractivity contribution in [3.05, 3.63) is 71.0 Å². The Hall–Kier alpha value is -1.67. The molecule has 2 rings (SSSR count). The van der Waals surface area contributed by atoms with E-state index in [9.17, 15) is 4.39 Å². The van der Waals surface area contributed by atoms with Gasteiger partial charge in [0.2, 0.25) is 0 Å². The molecule has 1 unspecified atom stereocenters. The van der Waals surface area contributed by atoms with E-state index in [0.717, 1.165) is 24.9 Å². The number of halogens is 1. The van der Waals surface area contributed by atoms with E-state index in [1.165, 1.54) is 17.2 Å². The van der Waals surface area contributed by atoms with Crippen molar-refractivity contribution in [2.45, 2.75) is 39.2 Å². The fourth-order valence-electron chi connectivity index (χ4n) is 2.69. The van der Waals surface area contributed by atoms with Gasteiger partial charge in [-0.15, -0.1) is 0 Å². The summed E-state index contributed by atoms with van der Waals surface area (Å²) >= 11 is 0. The minimum Gasteiger partial charge on any atom is -0.310 e. The molecule has 0 bridgehead atoms. The van der Waals surface area contributed by atoms with Crippen LogP contribution in [0.4, 0.5) is 4.39 Å². The van der Waals surface area contributed by atoms with Gasteiger partial charge in [-0.1, -0.05) is 62.7 Å². The molecule has 21 heavy (non-hydrogen) atoms. The SMILES string of the molecule is CCCc1cccc(C(Cc2ccccc2F)NCC)c1. The number of rotatable bonds is 7. The predicted molar refractivity (Wildman–Crippen MR) is 87.0 cm³/mol. The third-order valence-corrected chi connectivity index (χ3v) is 3.72. The molecule has 2 aromatic rings. The van der Waals surface area contributed by atoms with Crippen LogP contribution in [0.1, 0.15) is 43.0 Å². The van der Waals surface area contributed by atoms with Gasteiger partial charge in [0, 0.05) is 6.04 Å². The van der Waals surface area contributed by atoms with Gasteiger partial charge >= 0.3 is 0 Å². The van der Waals surface area contributed by atoms with E-state index < -0.39 is 0 Å². The average molecular weight is 285 g/mol. The Kier molecular flexibility index (Phi) is 5.94. The zero-order valence-corrected chi connectivity index (χ0v) is 12.9. The number of aryl methyl sites for hydroxylation is 1. The molecule has 0 spiro atoms. The third-order valence-electron chi connectivity index (χ3n) is 3.72. The van der Waals surface area contributed by atoms with E-state index in [-0.39, 0.29) is 11.9 Å². The average Bonchev–Trinajstić information content (AvgIpc) is 2.49. The van der Waals surface area contributed by atoms with Crippen molar-refractivity contribution >= 4 is 0 Å². The van der Waals surface area contributed by atoms with Gasteiger partial charge in [0.1, 0.15) is 5.82 Å². The molecule has 1 nitrogen and oxygen atoms in total. The fraction of sp³-hybridized carbons (Fsp3) is 0.368. The lowest BCUT2D eigenvalue weighted by molar-refractivity contribution is 0.527. The van der Waals surface area contributed by atoms with Crippen LogP contribution >= 0.6 is 0 Å². The quantitative estimate of drug-likeness (QED) is 0.779. The molecular weight excluding hydrogens is 261 g/mol. The summed E-state index contributed by atoms with van der Waals surface area (Å²) in [6.07, 6.45) is 2.91. The second-order valence-corrected chi connectivity index (χ2v) is 5.40. The molecule has 0 aliphatic heterocycles. The summed E-state index contributed by atoms with van der Waals surface area (Å²) in [6.45, 7) is 5.15. The van der Waals surface area contributed by atoms with Gasteiger partial charge in [-0.2, -0.15) is 0 Å². The summed E-state index contributed by atoms with van der Waals surface area (Å²) in [5.74, 6) is -0.120. The summed E-state index contributed by atoms with van der Waals surface area (Å²) in [4.78, 5) is 0. The van der Waals surface area contributed by atoms with Gasteiger partial charge in [0.05, 0.1) is 0 Å². The highest BCUT2D eigenvalue weighted by Crippen LogP contribution is 2.21. The summed E-state index contributed by atoms with van der Waals surface area (Å²) in [7, 11) is 0. The van der Waals surface area contributed by atoms with Crippen LogP contribution in [0.5, 0.6) is 0 Å². The van der Waals surface area contributed by atoms with Crippen molar-refractivity contribution in [1.29, 1.82) is 0 Å². The minimum absolute atomic E-state index is 0.120. The first-order valence-corrected chi connectivity index (χ1v) is 7.80. The lowest BCUT2D eigenvalue weighted by Gasteiger charge is -2.19. The summed E-state index contributed by atoms with van der Waals surface area (Å²) < 4.78 is 13.9. The van der Waals surface area contributed by atoms with Crippen LogP contribution in [-0.2, 0) is 12.8 Å². The highest BCUT2D eigenvalue weighted by atomic mass is 19.1. The molecule has 0 heterocycles. The molecule has 1 atom stereocenters. The third kappa shape index (κ3) is 4.40. The van der Waals surface area contributed by atoms with E-state index in [1.54, 1.807) is 6.07 Å². The number of benzene rings is 2. The Balaban J connectivity index is 2.22. The maximum atomic E-state index is 13.9. The molecule has 0 saturated heterocycles. The molecule has 0 fully saturated rings. The highest BCUT2D eigenvalue weighted by molar-refractivity contribution is 5.29. The topological polar surface area (TPSA) is 12.0 Å². The van der Waals surface area contributed by atoms with Gasteiger partial charge in [-0.05, 0) is 42.1 Å². The first kappa shape index (κ1) is 15.7. The van der Waals surface area contributed by atoms with Crippen molar-refractivity contribution in [2.75, 3.05) is 6.54 Å². The molecule has 112 valence electrons. The predicted octanol–water partition coefficient (Wildman–Crippen LogP) is 4.67. The minimum atomic E-state index is -0.120. The zero-order chi connectivity index (χ0) is 15.1. The summed E-state index contributed by atoms with van der Waals surface area (Å²) in [5, 5.41) is 3.48. The molecule has 0 saturated carbocycles. The zero-order valence-electron chi connectivity index (χ0n) is 12.9. The Morgan fingerprint density at radius 2 is 1.86 bits per heavy atom. The smallest absolute Gasteiger partial charge is 0.126 e. The van der Waals surface area contributed by atoms with E-state index in [1.807, 2.05) is 12.1 Å². The van der Waals surface area contributed by atoms with Gasteiger partial charge in [0.25, 0.3) is 0 Å². The van der Waals surface area contributed by atoms with Crippen LogP contribution < -0.4 is 5.32 Å². The van der Waals surface area contributed by atoms with Gasteiger partial charge in [0.15, 0.2) is 0 Å². The van der Waals surface area contributed by atoms with Gasteiger partial charge in [-0.3, -0.25) is 0 Å². The monoisotopic (exact) mass is 285 g/mol. The fourth-order valence-corrected chi connectivity index (χ4v) is 2.69. The Morgan fingerprint density at radius 1 is 1.05 bits per heavy atom. The molecule has 0 aromatic heterocycles. The lowest BCUT2D eigenvalue weighted by Crippen LogP contribution is -2.23. The van der Waals surface area contributed by atoms with Crippen LogP contribution in [0.15, 0.2) is 48.5 Å². The number of hydrogen-bond acceptors (Lipinski definition) is 1. The Bertz CT molecular complexity index is 565. The van der Waals surface area contributed by atoms with Crippen LogP contribution in [0.2, 0.25) is 0 Å². The molecule has 2 heteroatoms. The number of hydrogen-bond donors (Lipinski definition) is 1. The van der Waals surface area contributed by atoms with Crippen LogP contribution in [0.3, 0.4) is 0 Å². The maximum absolute atomic E-state index is 13.9. The van der Waals surface area contributed by atoms with E-state index in [4.69, 9.17) is 0 Å². The normalized spacial score (nSPS) is 12.3. The Morgan fingerprint density at radius 3 is 2.57 bits per heavy atom. The second kappa shape index (κ2) is 7.94. The molecule has 1 N–H and O–H groups in total. The molecular formula is C19H24FN. The second-order valence-electron chi connectivity index (χ2n) is 5.40. The first-order chi connectivity index (χ1) is 10.2. The number of likely N-dealkylation sites (N-methyl/N-ethyl adjacent to an activating group) is 1. The molecule has 0 radical (unpaired) electrons. The van der Waals surface area contributed by atoms with Crippen molar-refractivity contribution in [3.63, 3.8) is 0 Å². The van der Waals surface area contributed by atoms with Crippen molar-refractivity contribution in [2.24, 2.45) is 0 Å². The summed E-state index contributed by atoms with van der Waals surface area (Å²) in [6, 6.07) is 15.8. The van der Waals surface area contributed by atoms with Gasteiger partial charge < -0.3 is 5.32 Å². The van der Waals surface area contributed by atoms with Crippen LogP contribution in [0, 0.1) is 5.82 Å². The molecule has 0 aliphatic rings.